The highest BCUT2D eigenvalue weighted by Gasteiger charge is 2.35. The summed E-state index contributed by atoms with van der Waals surface area (Å²) in [5.41, 5.74) is 2.03. The van der Waals surface area contributed by atoms with Crippen molar-refractivity contribution in [3.8, 4) is 0 Å². The number of amides is 1. The number of likely N-dealkylation sites (tertiary alicyclic amines) is 1. The lowest BCUT2D eigenvalue weighted by Crippen LogP contribution is -2.52. The number of ketones is 1. The Bertz CT molecular complexity index is 530. The van der Waals surface area contributed by atoms with Crippen LogP contribution in [-0.4, -0.2) is 29.9 Å². The van der Waals surface area contributed by atoms with Crippen molar-refractivity contribution in [1.82, 2.24) is 4.90 Å². The first kappa shape index (κ1) is 15.3. The van der Waals surface area contributed by atoms with E-state index in [0.29, 0.717) is 13.1 Å². The number of allylic oxidation sites excluding steroid dienone is 2. The molecule has 0 N–H and O–H groups in total. The van der Waals surface area contributed by atoms with Crippen LogP contribution in [0.1, 0.15) is 25.8 Å². The summed E-state index contributed by atoms with van der Waals surface area (Å²) in [6.07, 6.45) is 2.22. The van der Waals surface area contributed by atoms with Crippen LogP contribution in [0.2, 0.25) is 0 Å². The van der Waals surface area contributed by atoms with Crippen molar-refractivity contribution in [2.45, 2.75) is 26.9 Å². The topological polar surface area (TPSA) is 46.6 Å². The molecule has 0 radical (unpaired) electrons. The molecule has 2 rings (SSSR count). The lowest BCUT2D eigenvalue weighted by atomic mass is 9.94. The Morgan fingerprint density at radius 1 is 1.29 bits per heavy atom. The Hall–Kier alpha value is -2.10. The van der Waals surface area contributed by atoms with Gasteiger partial charge in [-0.3, -0.25) is 4.79 Å². The van der Waals surface area contributed by atoms with Crippen LogP contribution in [0.4, 0.5) is 4.79 Å². The molecule has 1 saturated heterocycles. The number of rotatable bonds is 5. The highest BCUT2D eigenvalue weighted by molar-refractivity contribution is 5.94. The van der Waals surface area contributed by atoms with Crippen molar-refractivity contribution in [2.75, 3.05) is 13.1 Å². The Morgan fingerprint density at radius 3 is 2.57 bits per heavy atom. The highest BCUT2D eigenvalue weighted by atomic mass is 16.6. The number of hydrogen-bond acceptors (Lipinski definition) is 3. The molecule has 1 aliphatic rings. The van der Waals surface area contributed by atoms with Gasteiger partial charge in [0.2, 0.25) is 0 Å². The van der Waals surface area contributed by atoms with Crippen LogP contribution in [0.5, 0.6) is 0 Å². The van der Waals surface area contributed by atoms with Gasteiger partial charge in [0.25, 0.3) is 0 Å². The highest BCUT2D eigenvalue weighted by Crippen LogP contribution is 2.19. The lowest BCUT2D eigenvalue weighted by molar-refractivity contribution is -0.122. The zero-order chi connectivity index (χ0) is 15.2. The van der Waals surface area contributed by atoms with Crippen LogP contribution in [0.15, 0.2) is 42.0 Å². The summed E-state index contributed by atoms with van der Waals surface area (Å²) >= 11 is 0. The van der Waals surface area contributed by atoms with Gasteiger partial charge in [-0.1, -0.05) is 42.8 Å². The molecule has 1 aromatic rings. The maximum absolute atomic E-state index is 11.9. The molecule has 1 aliphatic heterocycles. The van der Waals surface area contributed by atoms with Crippen LogP contribution >= 0.6 is 0 Å². The maximum Gasteiger partial charge on any atom is 0.410 e. The largest absolute Gasteiger partial charge is 0.445 e. The first-order chi connectivity index (χ1) is 10.1. The number of benzene rings is 1. The summed E-state index contributed by atoms with van der Waals surface area (Å²) in [6.45, 7) is 5.15. The minimum absolute atomic E-state index is 0.0734. The molecule has 0 unspecified atom stereocenters. The first-order valence-electron chi connectivity index (χ1n) is 7.26. The third-order valence-electron chi connectivity index (χ3n) is 3.69. The standard InChI is InChI=1S/C17H21NO3/c1-3-13(2)9-16(19)15-10-18(11-15)17(20)21-12-14-7-5-4-6-8-14/h4-9,15H,3,10-12H2,1-2H3/b13-9-. The van der Waals surface area contributed by atoms with Gasteiger partial charge >= 0.3 is 6.09 Å². The summed E-state index contributed by atoms with van der Waals surface area (Å²) in [4.78, 5) is 25.3. The molecule has 1 heterocycles. The number of carbonyl (C=O) groups is 2. The average molecular weight is 287 g/mol. The van der Waals surface area contributed by atoms with Gasteiger partial charge in [0.05, 0.1) is 5.92 Å². The smallest absolute Gasteiger partial charge is 0.410 e. The Labute approximate surface area is 125 Å². The van der Waals surface area contributed by atoms with E-state index < -0.39 is 0 Å². The quantitative estimate of drug-likeness (QED) is 0.781. The molecule has 1 fully saturated rings. The van der Waals surface area contributed by atoms with Crippen molar-refractivity contribution < 1.29 is 14.3 Å². The Morgan fingerprint density at radius 2 is 1.95 bits per heavy atom. The average Bonchev–Trinajstić information content (AvgIpc) is 2.44. The predicted octanol–water partition coefficient (Wildman–Crippen LogP) is 3.18. The molecule has 0 spiro atoms. The van der Waals surface area contributed by atoms with Crippen molar-refractivity contribution in [3.05, 3.63) is 47.5 Å². The number of ether oxygens (including phenoxy) is 1. The fourth-order valence-electron chi connectivity index (χ4n) is 2.08. The van der Waals surface area contributed by atoms with E-state index in [-0.39, 0.29) is 24.4 Å². The Kier molecular flexibility index (Phi) is 5.14. The summed E-state index contributed by atoms with van der Waals surface area (Å²) in [6, 6.07) is 9.55. The van der Waals surface area contributed by atoms with Crippen LogP contribution in [-0.2, 0) is 16.1 Å². The molecule has 1 amide bonds. The molecule has 0 aromatic heterocycles. The molecule has 4 nitrogen and oxygen atoms in total. The van der Waals surface area contributed by atoms with Crippen LogP contribution < -0.4 is 0 Å². The molecule has 0 saturated carbocycles. The minimum Gasteiger partial charge on any atom is -0.445 e. The van der Waals surface area contributed by atoms with Gasteiger partial charge in [-0.05, 0) is 25.0 Å². The Balaban J connectivity index is 1.74. The molecule has 0 atom stereocenters. The zero-order valence-corrected chi connectivity index (χ0v) is 12.5. The zero-order valence-electron chi connectivity index (χ0n) is 12.5. The van der Waals surface area contributed by atoms with E-state index >= 15 is 0 Å². The molecular weight excluding hydrogens is 266 g/mol. The normalized spacial score (nSPS) is 15.5. The van der Waals surface area contributed by atoms with Crippen molar-refractivity contribution >= 4 is 11.9 Å². The molecule has 4 heteroatoms. The third-order valence-corrected chi connectivity index (χ3v) is 3.69. The molecule has 112 valence electrons. The minimum atomic E-state index is -0.348. The number of hydrogen-bond donors (Lipinski definition) is 0. The van der Waals surface area contributed by atoms with E-state index in [9.17, 15) is 9.59 Å². The fraction of sp³-hybridized carbons (Fsp3) is 0.412. The van der Waals surface area contributed by atoms with Crippen molar-refractivity contribution in [3.63, 3.8) is 0 Å². The summed E-state index contributed by atoms with van der Waals surface area (Å²) in [5.74, 6) is 0.0391. The molecule has 21 heavy (non-hydrogen) atoms. The van der Waals surface area contributed by atoms with E-state index in [4.69, 9.17) is 4.74 Å². The maximum atomic E-state index is 11.9. The molecule has 0 bridgehead atoms. The van der Waals surface area contributed by atoms with E-state index in [2.05, 4.69) is 0 Å². The lowest BCUT2D eigenvalue weighted by Gasteiger charge is -2.36. The molecule has 0 aliphatic carbocycles. The first-order valence-corrected chi connectivity index (χ1v) is 7.26. The number of nitrogens with zero attached hydrogens (tertiary/aromatic N) is 1. The second kappa shape index (κ2) is 7.07. The van der Waals surface area contributed by atoms with Gasteiger partial charge in [-0.2, -0.15) is 0 Å². The van der Waals surface area contributed by atoms with Crippen molar-refractivity contribution in [1.29, 1.82) is 0 Å². The summed E-state index contributed by atoms with van der Waals surface area (Å²) in [7, 11) is 0. The SMILES string of the molecule is CC/C(C)=C\C(=O)C1CN(C(=O)OCc2ccccc2)C1. The van der Waals surface area contributed by atoms with Crippen LogP contribution in [0.25, 0.3) is 0 Å². The van der Waals surface area contributed by atoms with E-state index in [1.165, 1.54) is 0 Å². The van der Waals surface area contributed by atoms with Crippen LogP contribution in [0, 0.1) is 5.92 Å². The van der Waals surface area contributed by atoms with Gasteiger partial charge in [0.15, 0.2) is 5.78 Å². The summed E-state index contributed by atoms with van der Waals surface area (Å²) < 4.78 is 5.22. The molecule has 1 aromatic carbocycles. The summed E-state index contributed by atoms with van der Waals surface area (Å²) in [5, 5.41) is 0. The fourth-order valence-corrected chi connectivity index (χ4v) is 2.08. The van der Waals surface area contributed by atoms with E-state index in [1.54, 1.807) is 11.0 Å². The second-order valence-electron chi connectivity index (χ2n) is 5.39. The molecular formula is C17H21NO3. The monoisotopic (exact) mass is 287 g/mol. The van der Waals surface area contributed by atoms with Crippen molar-refractivity contribution in [2.24, 2.45) is 5.92 Å². The second-order valence-corrected chi connectivity index (χ2v) is 5.39. The van der Waals surface area contributed by atoms with Gasteiger partial charge < -0.3 is 9.64 Å². The van der Waals surface area contributed by atoms with Crippen LogP contribution in [0.3, 0.4) is 0 Å². The number of carbonyl (C=O) groups excluding carboxylic acids is 2. The van der Waals surface area contributed by atoms with Gasteiger partial charge in [0.1, 0.15) is 6.61 Å². The van der Waals surface area contributed by atoms with Gasteiger partial charge in [0, 0.05) is 13.1 Å². The van der Waals surface area contributed by atoms with E-state index in [1.807, 2.05) is 44.2 Å². The predicted molar refractivity (Wildman–Crippen MR) is 80.7 cm³/mol. The third kappa shape index (κ3) is 4.18. The van der Waals surface area contributed by atoms with E-state index in [0.717, 1.165) is 17.6 Å². The van der Waals surface area contributed by atoms with Gasteiger partial charge in [-0.15, -0.1) is 0 Å². The van der Waals surface area contributed by atoms with Gasteiger partial charge in [-0.25, -0.2) is 4.79 Å².